The number of halogens is 2. The number of rotatable bonds is 5. The van der Waals surface area contributed by atoms with Crippen LogP contribution in [0.4, 0.5) is 20.4 Å². The van der Waals surface area contributed by atoms with Crippen molar-refractivity contribution in [2.45, 2.75) is 33.4 Å². The molecule has 2 aromatic carbocycles. The Morgan fingerprint density at radius 3 is 2.71 bits per heavy atom. The lowest BCUT2D eigenvalue weighted by Gasteiger charge is -2.29. The molecule has 0 saturated carbocycles. The minimum atomic E-state index is -3.00. The molecule has 1 atom stereocenters. The molecule has 31 heavy (non-hydrogen) atoms. The largest absolute Gasteiger partial charge is 0.434 e. The van der Waals surface area contributed by atoms with Crippen LogP contribution < -0.4 is 15.4 Å². The summed E-state index contributed by atoms with van der Waals surface area (Å²) < 4.78 is 32.3. The number of nitrogens with one attached hydrogen (secondary N) is 2. The van der Waals surface area contributed by atoms with Crippen molar-refractivity contribution in [3.8, 4) is 5.75 Å². The molecule has 0 bridgehead atoms. The molecule has 4 rings (SSSR count). The van der Waals surface area contributed by atoms with Gasteiger partial charge in [-0.25, -0.2) is 4.68 Å². The molecule has 160 valence electrons. The molecular weight excluding hydrogens is 404 g/mol. The number of aromatic nitrogens is 3. The van der Waals surface area contributed by atoms with Crippen LogP contribution in [-0.2, 0) is 4.79 Å². The number of alkyl halides is 2. The Kier molecular flexibility index (Phi) is 5.41. The highest BCUT2D eigenvalue weighted by molar-refractivity contribution is 6.06. The van der Waals surface area contributed by atoms with Crippen molar-refractivity contribution in [3.05, 3.63) is 76.8 Å². The van der Waals surface area contributed by atoms with E-state index in [1.165, 1.54) is 17.1 Å². The van der Waals surface area contributed by atoms with Crippen molar-refractivity contribution >= 4 is 17.5 Å². The lowest BCUT2D eigenvalue weighted by molar-refractivity contribution is -0.113. The zero-order valence-electron chi connectivity index (χ0n) is 17.2. The molecule has 9 heteroatoms. The number of ether oxygens (including phenoxy) is 1. The summed E-state index contributed by atoms with van der Waals surface area (Å²) in [5.41, 5.74) is 3.89. The van der Waals surface area contributed by atoms with Crippen molar-refractivity contribution in [2.24, 2.45) is 0 Å². The van der Waals surface area contributed by atoms with Gasteiger partial charge < -0.3 is 15.4 Å². The van der Waals surface area contributed by atoms with Crippen LogP contribution in [0.5, 0.6) is 5.75 Å². The van der Waals surface area contributed by atoms with Crippen LogP contribution in [0.2, 0.25) is 0 Å². The van der Waals surface area contributed by atoms with Crippen molar-refractivity contribution in [3.63, 3.8) is 0 Å². The first-order valence-electron chi connectivity index (χ1n) is 9.64. The van der Waals surface area contributed by atoms with Gasteiger partial charge in [0.2, 0.25) is 5.95 Å². The van der Waals surface area contributed by atoms with Gasteiger partial charge in [-0.3, -0.25) is 4.79 Å². The SMILES string of the molecule is CC1=C(C(=O)Nc2ccc(C)cc2C)[C@H](c2ccccc2OC(F)F)n2ncnc2N1. The summed E-state index contributed by atoms with van der Waals surface area (Å²) >= 11 is 0. The maximum Gasteiger partial charge on any atom is 0.387 e. The Labute approximate surface area is 177 Å². The fourth-order valence-electron chi connectivity index (χ4n) is 3.73. The molecule has 2 N–H and O–H groups in total. The van der Waals surface area contributed by atoms with Gasteiger partial charge in [-0.1, -0.05) is 35.9 Å². The van der Waals surface area contributed by atoms with Crippen LogP contribution in [0, 0.1) is 13.8 Å². The third-order valence-electron chi connectivity index (χ3n) is 5.10. The fraction of sp³-hybridized carbons (Fsp3) is 0.227. The summed E-state index contributed by atoms with van der Waals surface area (Å²) in [6.07, 6.45) is 1.34. The van der Waals surface area contributed by atoms with Crippen molar-refractivity contribution < 1.29 is 18.3 Å². The van der Waals surface area contributed by atoms with E-state index in [1.807, 2.05) is 32.0 Å². The zero-order chi connectivity index (χ0) is 22.1. The first kappa shape index (κ1) is 20.5. The number of hydrogen-bond donors (Lipinski definition) is 2. The molecule has 0 aliphatic carbocycles. The molecule has 3 aromatic rings. The minimum Gasteiger partial charge on any atom is -0.434 e. The summed E-state index contributed by atoms with van der Waals surface area (Å²) in [4.78, 5) is 17.6. The highest BCUT2D eigenvalue weighted by Crippen LogP contribution is 2.39. The average molecular weight is 425 g/mol. The Bertz CT molecular complexity index is 1170. The van der Waals surface area contributed by atoms with Crippen LogP contribution >= 0.6 is 0 Å². The zero-order valence-corrected chi connectivity index (χ0v) is 17.2. The molecule has 0 saturated heterocycles. The monoisotopic (exact) mass is 425 g/mol. The molecule has 1 aromatic heterocycles. The summed E-state index contributed by atoms with van der Waals surface area (Å²) in [6, 6.07) is 11.3. The van der Waals surface area contributed by atoms with E-state index in [0.717, 1.165) is 11.1 Å². The molecule has 1 amide bonds. The van der Waals surface area contributed by atoms with Gasteiger partial charge in [-0.15, -0.1) is 0 Å². The van der Waals surface area contributed by atoms with Crippen molar-refractivity contribution in [1.29, 1.82) is 0 Å². The predicted octanol–water partition coefficient (Wildman–Crippen LogP) is 4.42. The van der Waals surface area contributed by atoms with Crippen molar-refractivity contribution in [1.82, 2.24) is 14.8 Å². The van der Waals surface area contributed by atoms with E-state index in [9.17, 15) is 13.6 Å². The number of benzene rings is 2. The van der Waals surface area contributed by atoms with Crippen LogP contribution in [0.25, 0.3) is 0 Å². The number of anilines is 2. The summed E-state index contributed by atoms with van der Waals surface area (Å²) in [5, 5.41) is 10.2. The lowest BCUT2D eigenvalue weighted by atomic mass is 9.94. The third kappa shape index (κ3) is 3.98. The molecule has 7 nitrogen and oxygen atoms in total. The first-order chi connectivity index (χ1) is 14.8. The molecule has 0 unspecified atom stereocenters. The molecule has 1 aliphatic rings. The number of aryl methyl sites for hydroxylation is 2. The van der Waals surface area contributed by atoms with Gasteiger partial charge in [0.05, 0.1) is 5.57 Å². The van der Waals surface area contributed by atoms with E-state index in [4.69, 9.17) is 4.74 Å². The minimum absolute atomic E-state index is 0.0320. The molecule has 1 aliphatic heterocycles. The quantitative estimate of drug-likeness (QED) is 0.632. The third-order valence-corrected chi connectivity index (χ3v) is 5.10. The number of fused-ring (bicyclic) bond motifs is 1. The summed E-state index contributed by atoms with van der Waals surface area (Å²) in [5.74, 6) is -0.0113. The smallest absolute Gasteiger partial charge is 0.387 e. The lowest BCUT2D eigenvalue weighted by Crippen LogP contribution is -2.32. The summed E-state index contributed by atoms with van der Waals surface area (Å²) in [6.45, 7) is 2.61. The maximum absolute atomic E-state index is 13.4. The van der Waals surface area contributed by atoms with E-state index >= 15 is 0 Å². The second kappa shape index (κ2) is 8.17. The maximum atomic E-state index is 13.4. The van der Waals surface area contributed by atoms with E-state index in [2.05, 4.69) is 20.7 Å². The van der Waals surface area contributed by atoms with Gasteiger partial charge in [-0.2, -0.15) is 18.9 Å². The van der Waals surface area contributed by atoms with Gasteiger partial charge in [0, 0.05) is 16.9 Å². The van der Waals surface area contributed by atoms with Gasteiger partial charge in [0.15, 0.2) is 0 Å². The van der Waals surface area contributed by atoms with E-state index < -0.39 is 12.7 Å². The number of carbonyl (C=O) groups excluding carboxylic acids is 1. The second-order valence-corrected chi connectivity index (χ2v) is 7.28. The predicted molar refractivity (Wildman–Crippen MR) is 112 cm³/mol. The summed E-state index contributed by atoms with van der Waals surface area (Å²) in [7, 11) is 0. The number of amides is 1. The average Bonchev–Trinajstić information content (AvgIpc) is 3.17. The van der Waals surface area contributed by atoms with E-state index in [0.29, 0.717) is 28.5 Å². The Hall–Kier alpha value is -3.75. The molecular formula is C22H21F2N5O2. The Balaban J connectivity index is 1.79. The fourth-order valence-corrected chi connectivity index (χ4v) is 3.73. The normalized spacial score (nSPS) is 15.5. The van der Waals surface area contributed by atoms with Gasteiger partial charge in [0.1, 0.15) is 18.1 Å². The van der Waals surface area contributed by atoms with Crippen LogP contribution in [0.3, 0.4) is 0 Å². The van der Waals surface area contributed by atoms with Crippen LogP contribution in [-0.4, -0.2) is 27.3 Å². The molecule has 2 heterocycles. The number of para-hydroxylation sites is 1. The Morgan fingerprint density at radius 2 is 1.97 bits per heavy atom. The van der Waals surface area contributed by atoms with E-state index in [-0.39, 0.29) is 11.7 Å². The number of hydrogen-bond acceptors (Lipinski definition) is 5. The van der Waals surface area contributed by atoms with Gasteiger partial charge >= 0.3 is 6.61 Å². The number of nitrogens with zero attached hydrogens (tertiary/aromatic N) is 3. The standard InChI is InChI=1S/C22H21F2N5O2/c1-12-8-9-16(13(2)10-12)28-20(30)18-14(3)27-22-25-11-26-29(22)19(18)15-6-4-5-7-17(15)31-21(23)24/h4-11,19,21H,1-3H3,(H,28,30)(H,25,26,27)/t19-/m0/s1. The molecule has 0 radical (unpaired) electrons. The molecule has 0 spiro atoms. The van der Waals surface area contributed by atoms with E-state index in [1.54, 1.807) is 25.1 Å². The topological polar surface area (TPSA) is 81.1 Å². The highest BCUT2D eigenvalue weighted by atomic mass is 19.3. The highest BCUT2D eigenvalue weighted by Gasteiger charge is 2.35. The van der Waals surface area contributed by atoms with Gasteiger partial charge in [0.25, 0.3) is 5.91 Å². The first-order valence-corrected chi connectivity index (χ1v) is 9.64. The van der Waals surface area contributed by atoms with Gasteiger partial charge in [-0.05, 0) is 38.5 Å². The molecule has 0 fully saturated rings. The second-order valence-electron chi connectivity index (χ2n) is 7.28. The van der Waals surface area contributed by atoms with Crippen molar-refractivity contribution in [2.75, 3.05) is 10.6 Å². The number of carbonyl (C=O) groups is 1. The Morgan fingerprint density at radius 1 is 1.19 bits per heavy atom. The van der Waals surface area contributed by atoms with Crippen LogP contribution in [0.15, 0.2) is 60.1 Å². The number of allylic oxidation sites excluding steroid dienone is 1. The van der Waals surface area contributed by atoms with Crippen LogP contribution in [0.1, 0.15) is 29.7 Å².